The lowest BCUT2D eigenvalue weighted by Crippen LogP contribution is -2.08. The standard InChI is InChI=1S/C39H62O3/c1-4-6-8-10-11-12-13-14-15-16-17-18-19-20-21-23-33-41-34(3)36-29-31-38(32-30-36)42-39(40)37-27-25-35(26-28-37)24-22-9-7-5-2/h25-32,34H,4-24,33H2,1-3H3. The topological polar surface area (TPSA) is 35.5 Å². The summed E-state index contributed by atoms with van der Waals surface area (Å²) in [6.07, 6.45) is 28.2. The van der Waals surface area contributed by atoms with Crippen LogP contribution in [0.3, 0.4) is 0 Å². The largest absolute Gasteiger partial charge is 0.423 e. The maximum Gasteiger partial charge on any atom is 0.343 e. The molecule has 3 nitrogen and oxygen atoms in total. The Morgan fingerprint density at radius 3 is 1.52 bits per heavy atom. The summed E-state index contributed by atoms with van der Waals surface area (Å²) in [4.78, 5) is 12.6. The monoisotopic (exact) mass is 578 g/mol. The number of esters is 1. The van der Waals surface area contributed by atoms with Crippen LogP contribution >= 0.6 is 0 Å². The van der Waals surface area contributed by atoms with Crippen molar-refractivity contribution in [3.8, 4) is 5.75 Å². The lowest BCUT2D eigenvalue weighted by atomic mass is 10.0. The highest BCUT2D eigenvalue weighted by Gasteiger charge is 2.10. The van der Waals surface area contributed by atoms with Gasteiger partial charge in [0.05, 0.1) is 11.7 Å². The highest BCUT2D eigenvalue weighted by Crippen LogP contribution is 2.22. The van der Waals surface area contributed by atoms with Crippen LogP contribution in [0, 0.1) is 0 Å². The normalized spacial score (nSPS) is 12.0. The Kier molecular flexibility index (Phi) is 20.9. The van der Waals surface area contributed by atoms with Gasteiger partial charge in [0.15, 0.2) is 0 Å². The molecule has 42 heavy (non-hydrogen) atoms. The van der Waals surface area contributed by atoms with E-state index in [-0.39, 0.29) is 12.1 Å². The molecule has 1 unspecified atom stereocenters. The molecule has 0 radical (unpaired) electrons. The molecule has 2 aromatic carbocycles. The number of ether oxygens (including phenoxy) is 2. The van der Waals surface area contributed by atoms with Gasteiger partial charge in [0.2, 0.25) is 0 Å². The van der Waals surface area contributed by atoms with Crippen LogP contribution in [0.4, 0.5) is 0 Å². The predicted molar refractivity (Wildman–Crippen MR) is 180 cm³/mol. The number of benzene rings is 2. The fourth-order valence-electron chi connectivity index (χ4n) is 5.54. The maximum absolute atomic E-state index is 12.6. The molecule has 0 fully saturated rings. The molecule has 0 saturated heterocycles. The zero-order chi connectivity index (χ0) is 30.1. The summed E-state index contributed by atoms with van der Waals surface area (Å²) in [5, 5.41) is 0. The van der Waals surface area contributed by atoms with Crippen LogP contribution in [0.25, 0.3) is 0 Å². The summed E-state index contributed by atoms with van der Waals surface area (Å²) < 4.78 is 11.7. The van der Waals surface area contributed by atoms with E-state index in [0.29, 0.717) is 11.3 Å². The first-order chi connectivity index (χ1) is 20.6. The van der Waals surface area contributed by atoms with Gasteiger partial charge in [0.25, 0.3) is 0 Å². The van der Waals surface area contributed by atoms with E-state index in [1.807, 2.05) is 48.5 Å². The van der Waals surface area contributed by atoms with Gasteiger partial charge in [-0.3, -0.25) is 0 Å². The van der Waals surface area contributed by atoms with Crippen LogP contribution < -0.4 is 4.74 Å². The molecule has 0 aliphatic rings. The van der Waals surface area contributed by atoms with E-state index in [9.17, 15) is 4.79 Å². The van der Waals surface area contributed by atoms with Gasteiger partial charge in [0.1, 0.15) is 5.75 Å². The SMILES string of the molecule is CCCCCCCCCCCCCCCCCCOC(C)c1ccc(OC(=O)c2ccc(CCCCCC)cc2)cc1. The predicted octanol–water partition coefficient (Wildman–Crippen LogP) is 12.4. The number of rotatable bonds is 26. The van der Waals surface area contributed by atoms with Crippen LogP contribution in [-0.4, -0.2) is 12.6 Å². The summed E-state index contributed by atoms with van der Waals surface area (Å²) in [5.41, 5.74) is 2.98. The number of hydrogen-bond acceptors (Lipinski definition) is 3. The minimum atomic E-state index is -0.312. The molecule has 0 saturated carbocycles. The Hall–Kier alpha value is -2.13. The minimum absolute atomic E-state index is 0.0379. The van der Waals surface area contributed by atoms with Gasteiger partial charge in [-0.05, 0) is 61.6 Å². The minimum Gasteiger partial charge on any atom is -0.423 e. The van der Waals surface area contributed by atoms with Gasteiger partial charge in [-0.15, -0.1) is 0 Å². The van der Waals surface area contributed by atoms with Crippen molar-refractivity contribution >= 4 is 5.97 Å². The summed E-state index contributed by atoms with van der Waals surface area (Å²) in [7, 11) is 0. The quantitative estimate of drug-likeness (QED) is 0.0632. The van der Waals surface area contributed by atoms with Gasteiger partial charge in [-0.25, -0.2) is 4.79 Å². The second-order valence-corrected chi connectivity index (χ2v) is 12.3. The van der Waals surface area contributed by atoms with Crippen molar-refractivity contribution in [2.24, 2.45) is 0 Å². The molecule has 0 N–H and O–H groups in total. The fraction of sp³-hybridized carbons (Fsp3) is 0.667. The summed E-state index contributed by atoms with van der Waals surface area (Å²) in [5.74, 6) is 0.255. The molecule has 236 valence electrons. The van der Waals surface area contributed by atoms with E-state index in [1.165, 1.54) is 128 Å². The highest BCUT2D eigenvalue weighted by atomic mass is 16.5. The van der Waals surface area contributed by atoms with Crippen molar-refractivity contribution in [1.82, 2.24) is 0 Å². The second-order valence-electron chi connectivity index (χ2n) is 12.3. The van der Waals surface area contributed by atoms with E-state index in [1.54, 1.807) is 0 Å². The third kappa shape index (κ3) is 17.1. The van der Waals surface area contributed by atoms with Crippen LogP contribution in [0.2, 0.25) is 0 Å². The Morgan fingerprint density at radius 1 is 0.571 bits per heavy atom. The summed E-state index contributed by atoms with van der Waals surface area (Å²) in [6.45, 7) is 7.41. The Labute approximate surface area is 259 Å². The molecule has 0 aliphatic heterocycles. The Bertz CT molecular complexity index is 902. The lowest BCUT2D eigenvalue weighted by Gasteiger charge is -2.14. The van der Waals surface area contributed by atoms with Crippen molar-refractivity contribution in [2.45, 2.75) is 162 Å². The molecular formula is C39H62O3. The summed E-state index contributed by atoms with van der Waals surface area (Å²) in [6, 6.07) is 15.6. The molecule has 2 aromatic rings. The van der Waals surface area contributed by atoms with Crippen molar-refractivity contribution in [1.29, 1.82) is 0 Å². The molecule has 0 aliphatic carbocycles. The number of aryl methyl sites for hydroxylation is 1. The van der Waals surface area contributed by atoms with Crippen LogP contribution in [0.5, 0.6) is 5.75 Å². The molecular weight excluding hydrogens is 516 g/mol. The van der Waals surface area contributed by atoms with E-state index in [4.69, 9.17) is 9.47 Å². The first kappa shape index (κ1) is 36.1. The molecule has 0 spiro atoms. The van der Waals surface area contributed by atoms with Crippen molar-refractivity contribution in [3.05, 3.63) is 65.2 Å². The Balaban J connectivity index is 1.48. The van der Waals surface area contributed by atoms with Crippen molar-refractivity contribution in [3.63, 3.8) is 0 Å². The molecule has 2 rings (SSSR count). The number of carbonyl (C=O) groups excluding carboxylic acids is 1. The van der Waals surface area contributed by atoms with Gasteiger partial charge < -0.3 is 9.47 Å². The van der Waals surface area contributed by atoms with Crippen molar-refractivity contribution < 1.29 is 14.3 Å². The third-order valence-corrected chi connectivity index (χ3v) is 8.43. The van der Waals surface area contributed by atoms with E-state index in [2.05, 4.69) is 20.8 Å². The molecule has 0 amide bonds. The second kappa shape index (κ2) is 24.3. The lowest BCUT2D eigenvalue weighted by molar-refractivity contribution is 0.0627. The van der Waals surface area contributed by atoms with Gasteiger partial charge in [0, 0.05) is 6.61 Å². The van der Waals surface area contributed by atoms with Crippen LogP contribution in [-0.2, 0) is 11.2 Å². The number of carbonyl (C=O) groups is 1. The molecule has 3 heteroatoms. The molecule has 0 bridgehead atoms. The van der Waals surface area contributed by atoms with E-state index < -0.39 is 0 Å². The average molecular weight is 579 g/mol. The first-order valence-corrected chi connectivity index (χ1v) is 17.7. The third-order valence-electron chi connectivity index (χ3n) is 8.43. The highest BCUT2D eigenvalue weighted by molar-refractivity contribution is 5.91. The van der Waals surface area contributed by atoms with Crippen molar-refractivity contribution in [2.75, 3.05) is 6.61 Å². The molecule has 0 aromatic heterocycles. The fourth-order valence-corrected chi connectivity index (χ4v) is 5.54. The average Bonchev–Trinajstić information content (AvgIpc) is 3.01. The van der Waals surface area contributed by atoms with Gasteiger partial charge in [-0.2, -0.15) is 0 Å². The molecule has 1 atom stereocenters. The summed E-state index contributed by atoms with van der Waals surface area (Å²) >= 11 is 0. The van der Waals surface area contributed by atoms with E-state index >= 15 is 0 Å². The van der Waals surface area contributed by atoms with Gasteiger partial charge in [-0.1, -0.05) is 154 Å². The first-order valence-electron chi connectivity index (χ1n) is 17.7. The molecule has 0 heterocycles. The zero-order valence-corrected chi connectivity index (χ0v) is 27.5. The maximum atomic E-state index is 12.6. The Morgan fingerprint density at radius 2 is 1.02 bits per heavy atom. The smallest absolute Gasteiger partial charge is 0.343 e. The van der Waals surface area contributed by atoms with Crippen LogP contribution in [0.15, 0.2) is 48.5 Å². The number of unbranched alkanes of at least 4 members (excludes halogenated alkanes) is 18. The van der Waals surface area contributed by atoms with Gasteiger partial charge >= 0.3 is 5.97 Å². The zero-order valence-electron chi connectivity index (χ0n) is 27.5. The van der Waals surface area contributed by atoms with E-state index in [0.717, 1.165) is 25.0 Å². The van der Waals surface area contributed by atoms with Crippen LogP contribution in [0.1, 0.15) is 177 Å². The number of hydrogen-bond donors (Lipinski definition) is 0.